The molecule has 0 aromatic heterocycles. The van der Waals surface area contributed by atoms with Gasteiger partial charge in [-0.3, -0.25) is 0 Å². The van der Waals surface area contributed by atoms with E-state index in [1.54, 1.807) is 12.1 Å². The number of hydrogen-bond acceptors (Lipinski definition) is 2. The first-order valence-corrected chi connectivity index (χ1v) is 7.26. The zero-order valence-electron chi connectivity index (χ0n) is 15.8. The Kier molecular flexibility index (Phi) is 6.13. The van der Waals surface area contributed by atoms with Gasteiger partial charge in [0.15, 0.2) is 0 Å². The summed E-state index contributed by atoms with van der Waals surface area (Å²) < 4.78 is 33.7. The molecule has 108 valence electrons. The predicted octanol–water partition coefficient (Wildman–Crippen LogP) is 4.35. The molecule has 0 saturated heterocycles. The van der Waals surface area contributed by atoms with Crippen molar-refractivity contribution in [2.75, 3.05) is 13.1 Å². The summed E-state index contributed by atoms with van der Waals surface area (Å²) in [5.41, 5.74) is 1.15. The number of hydrogen-bond donors (Lipinski definition) is 1. The third-order valence-electron chi connectivity index (χ3n) is 3.21. The van der Waals surface area contributed by atoms with Crippen molar-refractivity contribution < 1.29 is 15.3 Å². The SMILES string of the molecule is [2H]C([2H])(O)C([2H])([2H])Oc1ccc(CCCCCCCCC)cc1. The van der Waals surface area contributed by atoms with Crippen molar-refractivity contribution in [3.05, 3.63) is 29.8 Å². The average molecular weight is 268 g/mol. The number of benzene rings is 1. The molecule has 0 spiro atoms. The van der Waals surface area contributed by atoms with Crippen molar-refractivity contribution >= 4 is 0 Å². The summed E-state index contributed by atoms with van der Waals surface area (Å²) in [7, 11) is 0. The second-order valence-corrected chi connectivity index (χ2v) is 4.83. The van der Waals surface area contributed by atoms with E-state index in [4.69, 9.17) is 15.3 Å². The Morgan fingerprint density at radius 3 is 2.26 bits per heavy atom. The molecule has 1 aromatic rings. The molecule has 2 heteroatoms. The number of aliphatic hydroxyl groups is 1. The molecule has 1 aromatic carbocycles. The first-order chi connectivity index (χ1) is 10.8. The molecule has 0 saturated carbocycles. The minimum atomic E-state index is -3.05. The van der Waals surface area contributed by atoms with Crippen molar-refractivity contribution in [2.45, 2.75) is 58.3 Å². The van der Waals surface area contributed by atoms with Crippen LogP contribution < -0.4 is 4.74 Å². The summed E-state index contributed by atoms with van der Waals surface area (Å²) in [5, 5.41) is 9.12. The molecule has 0 fully saturated rings. The molecule has 2 nitrogen and oxygen atoms in total. The van der Waals surface area contributed by atoms with Crippen molar-refractivity contribution in [1.29, 1.82) is 0 Å². The Bertz CT molecular complexity index is 441. The van der Waals surface area contributed by atoms with Gasteiger partial charge in [0.05, 0.1) is 12.0 Å². The van der Waals surface area contributed by atoms with Gasteiger partial charge >= 0.3 is 0 Å². The predicted molar refractivity (Wildman–Crippen MR) is 80.7 cm³/mol. The van der Waals surface area contributed by atoms with Gasteiger partial charge in [-0.25, -0.2) is 0 Å². The number of unbranched alkanes of at least 4 members (excludes halogenated alkanes) is 6. The van der Waals surface area contributed by atoms with Crippen molar-refractivity contribution in [2.24, 2.45) is 0 Å². The van der Waals surface area contributed by atoms with Gasteiger partial charge in [0, 0.05) is 0 Å². The van der Waals surface area contributed by atoms with E-state index in [-0.39, 0.29) is 5.75 Å². The van der Waals surface area contributed by atoms with Crippen LogP contribution in [0, 0.1) is 0 Å². The molecular formula is C17H28O2. The molecule has 1 rings (SSSR count). The molecule has 0 heterocycles. The van der Waals surface area contributed by atoms with E-state index in [0.29, 0.717) is 0 Å². The van der Waals surface area contributed by atoms with Crippen molar-refractivity contribution in [3.63, 3.8) is 0 Å². The van der Waals surface area contributed by atoms with Crippen LogP contribution in [0.3, 0.4) is 0 Å². The van der Waals surface area contributed by atoms with Gasteiger partial charge in [0.1, 0.15) is 12.3 Å². The van der Waals surface area contributed by atoms with Crippen LogP contribution >= 0.6 is 0 Å². The van der Waals surface area contributed by atoms with Crippen LogP contribution in [0.15, 0.2) is 24.3 Å². The Morgan fingerprint density at radius 1 is 1.00 bits per heavy atom. The van der Waals surface area contributed by atoms with Gasteiger partial charge in [-0.2, -0.15) is 0 Å². The minimum Gasteiger partial charge on any atom is -0.491 e. The lowest BCUT2D eigenvalue weighted by Crippen LogP contribution is -2.01. The Labute approximate surface area is 123 Å². The summed E-state index contributed by atoms with van der Waals surface area (Å²) in [4.78, 5) is 0. The third kappa shape index (κ3) is 7.89. The highest BCUT2D eigenvalue weighted by Gasteiger charge is 1.96. The first kappa shape index (κ1) is 10.7. The monoisotopic (exact) mass is 268 g/mol. The summed E-state index contributed by atoms with van der Waals surface area (Å²) in [6, 6.07) is 6.94. The van der Waals surface area contributed by atoms with Crippen LogP contribution in [0.4, 0.5) is 0 Å². The van der Waals surface area contributed by atoms with Crippen LogP contribution in [-0.4, -0.2) is 18.2 Å². The summed E-state index contributed by atoms with van der Waals surface area (Å²) >= 11 is 0. The van der Waals surface area contributed by atoms with E-state index >= 15 is 0 Å². The molecule has 0 unspecified atom stereocenters. The van der Waals surface area contributed by atoms with Gasteiger partial charge in [-0.1, -0.05) is 57.6 Å². The quantitative estimate of drug-likeness (QED) is 0.605. The molecule has 0 aliphatic carbocycles. The molecule has 0 amide bonds. The Morgan fingerprint density at radius 2 is 1.63 bits per heavy atom. The van der Waals surface area contributed by atoms with E-state index in [1.807, 2.05) is 12.1 Å². The maximum atomic E-state index is 9.12. The number of rotatable bonds is 11. The standard InChI is InChI=1S/C17H28O2/c1-2-3-4-5-6-7-8-9-16-10-12-17(13-11-16)19-15-14-18/h10-13,18H,2-9,14-15H2,1H3/i14D2,15D2. The topological polar surface area (TPSA) is 29.5 Å². The van der Waals surface area contributed by atoms with Crippen LogP contribution in [0.1, 0.15) is 62.9 Å². The van der Waals surface area contributed by atoms with Gasteiger partial charge in [-0.15, -0.1) is 0 Å². The number of aryl methyl sites for hydroxylation is 1. The maximum Gasteiger partial charge on any atom is 0.119 e. The van der Waals surface area contributed by atoms with Crippen LogP contribution in [0.25, 0.3) is 0 Å². The lowest BCUT2D eigenvalue weighted by molar-refractivity contribution is 0.201. The first-order valence-electron chi connectivity index (χ1n) is 9.26. The molecule has 0 aliphatic heterocycles. The van der Waals surface area contributed by atoms with E-state index in [0.717, 1.165) is 18.4 Å². The molecule has 1 N–H and O–H groups in total. The smallest absolute Gasteiger partial charge is 0.119 e. The molecule has 0 radical (unpaired) electrons. The highest BCUT2D eigenvalue weighted by molar-refractivity contribution is 5.27. The third-order valence-corrected chi connectivity index (χ3v) is 3.21. The maximum absolute atomic E-state index is 9.12. The average Bonchev–Trinajstić information content (AvgIpc) is 2.46. The van der Waals surface area contributed by atoms with Crippen molar-refractivity contribution in [3.8, 4) is 5.75 Å². The second kappa shape index (κ2) is 10.9. The molecule has 19 heavy (non-hydrogen) atoms. The summed E-state index contributed by atoms with van der Waals surface area (Å²) in [6.45, 7) is -3.62. The summed E-state index contributed by atoms with van der Waals surface area (Å²) in [5.74, 6) is 0.205. The highest BCUT2D eigenvalue weighted by Crippen LogP contribution is 2.15. The van der Waals surface area contributed by atoms with E-state index in [2.05, 4.69) is 6.92 Å². The molecular weight excluding hydrogens is 236 g/mol. The largest absolute Gasteiger partial charge is 0.491 e. The summed E-state index contributed by atoms with van der Waals surface area (Å²) in [6.07, 6.45) is 9.81. The van der Waals surface area contributed by atoms with Gasteiger partial charge in [0.25, 0.3) is 0 Å². The minimum absolute atomic E-state index is 0.205. The highest BCUT2D eigenvalue weighted by atomic mass is 16.5. The van der Waals surface area contributed by atoms with Gasteiger partial charge in [0.2, 0.25) is 0 Å². The Hall–Kier alpha value is -1.02. The van der Waals surface area contributed by atoms with Crippen LogP contribution in [-0.2, 0) is 6.42 Å². The van der Waals surface area contributed by atoms with E-state index in [9.17, 15) is 0 Å². The van der Waals surface area contributed by atoms with Crippen LogP contribution in [0.2, 0.25) is 0 Å². The molecule has 0 aliphatic rings. The lowest BCUT2D eigenvalue weighted by atomic mass is 10.0. The van der Waals surface area contributed by atoms with Gasteiger partial charge < -0.3 is 9.84 Å². The molecule has 0 bridgehead atoms. The lowest BCUT2D eigenvalue weighted by Gasteiger charge is -2.06. The molecule has 0 atom stereocenters. The zero-order chi connectivity index (χ0) is 17.3. The van der Waals surface area contributed by atoms with Gasteiger partial charge in [-0.05, 0) is 30.5 Å². The van der Waals surface area contributed by atoms with Crippen molar-refractivity contribution in [1.82, 2.24) is 0 Å². The fraction of sp³-hybridized carbons (Fsp3) is 0.647. The normalized spacial score (nSPS) is 15.3. The van der Waals surface area contributed by atoms with Crippen LogP contribution in [0.5, 0.6) is 5.75 Å². The van der Waals surface area contributed by atoms with E-state index < -0.39 is 13.1 Å². The zero-order valence-corrected chi connectivity index (χ0v) is 11.8. The Balaban J connectivity index is 2.34. The fourth-order valence-electron chi connectivity index (χ4n) is 2.09. The fourth-order valence-corrected chi connectivity index (χ4v) is 2.09. The second-order valence-electron chi connectivity index (χ2n) is 4.83. The number of ether oxygens (including phenoxy) is 1. The van der Waals surface area contributed by atoms with E-state index in [1.165, 1.54) is 38.5 Å².